The summed E-state index contributed by atoms with van der Waals surface area (Å²) in [4.78, 5) is 10.7. The summed E-state index contributed by atoms with van der Waals surface area (Å²) in [7, 11) is -5.30. The van der Waals surface area contributed by atoms with E-state index in [4.69, 9.17) is 9.84 Å². The maximum Gasteiger partial charge on any atom is 0.321 e. The number of methoxy groups -OCH3 is 1. The van der Waals surface area contributed by atoms with Crippen LogP contribution in [0.3, 0.4) is 0 Å². The normalized spacial score (nSPS) is 13.5. The summed E-state index contributed by atoms with van der Waals surface area (Å²) in [5.74, 6) is -1.54. The first kappa shape index (κ1) is 20.2. The number of benzene rings is 1. The summed E-state index contributed by atoms with van der Waals surface area (Å²) in [6.07, 6.45) is 0. The number of carbonyl (C=O) groups is 1. The van der Waals surface area contributed by atoms with Gasteiger partial charge in [-0.05, 0) is 26.0 Å². The Kier molecular flexibility index (Phi) is 6.20. The smallest absolute Gasteiger partial charge is 0.321 e. The molecule has 0 radical (unpaired) electrons. The number of hydrogen-bond donors (Lipinski definition) is 2. The average molecular weight is 380 g/mol. The number of ether oxygens (including phenoxy) is 1. The van der Waals surface area contributed by atoms with Crippen LogP contribution in [0.2, 0.25) is 0 Å². The molecule has 0 aliphatic heterocycles. The minimum absolute atomic E-state index is 0.101. The van der Waals surface area contributed by atoms with Crippen molar-refractivity contribution in [2.45, 2.75) is 24.8 Å². The van der Waals surface area contributed by atoms with E-state index in [1.165, 1.54) is 33.1 Å². The molecule has 0 spiro atoms. The Morgan fingerprint density at radius 1 is 1.33 bits per heavy atom. The molecule has 24 heavy (non-hydrogen) atoms. The molecule has 1 aromatic rings. The summed E-state index contributed by atoms with van der Waals surface area (Å²) in [6, 6.07) is 2.37. The van der Waals surface area contributed by atoms with Gasteiger partial charge in [-0.3, -0.25) is 9.52 Å². The van der Waals surface area contributed by atoms with Crippen molar-refractivity contribution in [3.8, 4) is 5.75 Å². The van der Waals surface area contributed by atoms with Gasteiger partial charge in [0, 0.05) is 13.1 Å². The van der Waals surface area contributed by atoms with Crippen LogP contribution in [0.4, 0.5) is 5.69 Å². The van der Waals surface area contributed by atoms with E-state index in [0.29, 0.717) is 4.31 Å². The molecule has 0 saturated heterocycles. The lowest BCUT2D eigenvalue weighted by molar-refractivity contribution is -0.140. The second-order valence-corrected chi connectivity index (χ2v) is 8.88. The van der Waals surface area contributed by atoms with Gasteiger partial charge in [-0.2, -0.15) is 4.31 Å². The molecule has 0 aliphatic carbocycles. The highest BCUT2D eigenvalue weighted by Gasteiger charge is 2.31. The third-order valence-electron chi connectivity index (χ3n) is 3.38. The first-order valence-electron chi connectivity index (χ1n) is 6.85. The zero-order chi connectivity index (χ0) is 18.7. The number of sulfonamides is 2. The lowest BCUT2D eigenvalue weighted by Gasteiger charge is -2.22. The first-order valence-corrected chi connectivity index (χ1v) is 9.95. The van der Waals surface area contributed by atoms with E-state index >= 15 is 0 Å². The van der Waals surface area contributed by atoms with E-state index in [1.54, 1.807) is 0 Å². The van der Waals surface area contributed by atoms with E-state index in [-0.39, 0.29) is 22.1 Å². The number of hydrogen-bond acceptors (Lipinski definition) is 6. The molecule has 2 N–H and O–H groups in total. The number of aliphatic carboxylic acids is 1. The highest BCUT2D eigenvalue weighted by atomic mass is 32.2. The van der Waals surface area contributed by atoms with Crippen LogP contribution in [0.5, 0.6) is 5.75 Å². The molecule has 1 atom stereocenters. The van der Waals surface area contributed by atoms with Crippen LogP contribution < -0.4 is 9.46 Å². The molecule has 1 unspecified atom stereocenters. The maximum absolute atomic E-state index is 12.6. The summed E-state index contributed by atoms with van der Waals surface area (Å²) in [5, 5.41) is 8.97. The van der Waals surface area contributed by atoms with Crippen LogP contribution in [-0.2, 0) is 24.8 Å². The van der Waals surface area contributed by atoms with Crippen molar-refractivity contribution in [2.24, 2.45) is 0 Å². The number of nitrogens with zero attached hydrogens (tertiary/aromatic N) is 1. The SMILES string of the molecule is CCS(=O)(=O)Nc1ccc(S(=O)(=O)N(C)C(C)C(=O)O)c(OC)c1. The standard InChI is InChI=1S/C13H20N2O7S2/c1-5-23(18,19)14-10-6-7-12(11(8-10)22-4)24(20,21)15(3)9(2)13(16)17/h6-9,14H,5H2,1-4H3,(H,16,17). The molecule has 0 heterocycles. The van der Waals surface area contributed by atoms with Gasteiger partial charge in [0.25, 0.3) is 0 Å². The zero-order valence-electron chi connectivity index (χ0n) is 13.7. The van der Waals surface area contributed by atoms with E-state index in [0.717, 1.165) is 13.1 Å². The zero-order valence-corrected chi connectivity index (χ0v) is 15.3. The van der Waals surface area contributed by atoms with Crippen LogP contribution in [0, 0.1) is 0 Å². The maximum atomic E-state index is 12.6. The molecule has 136 valence electrons. The lowest BCUT2D eigenvalue weighted by atomic mass is 10.3. The van der Waals surface area contributed by atoms with Gasteiger partial charge < -0.3 is 9.84 Å². The third kappa shape index (κ3) is 4.36. The minimum Gasteiger partial charge on any atom is -0.495 e. The molecule has 0 saturated carbocycles. The number of nitrogens with one attached hydrogen (secondary N) is 1. The van der Waals surface area contributed by atoms with Crippen molar-refractivity contribution in [3.63, 3.8) is 0 Å². The van der Waals surface area contributed by atoms with E-state index in [1.807, 2.05) is 0 Å². The van der Waals surface area contributed by atoms with Gasteiger partial charge in [0.15, 0.2) is 0 Å². The summed E-state index contributed by atoms with van der Waals surface area (Å²) in [5.41, 5.74) is 0.140. The molecule has 0 aromatic heterocycles. The van der Waals surface area contributed by atoms with Crippen molar-refractivity contribution in [1.29, 1.82) is 0 Å². The van der Waals surface area contributed by atoms with Crippen molar-refractivity contribution < 1.29 is 31.5 Å². The lowest BCUT2D eigenvalue weighted by Crippen LogP contribution is -2.40. The molecule has 0 aliphatic rings. The topological polar surface area (TPSA) is 130 Å². The minimum atomic E-state index is -4.14. The predicted octanol–water partition coefficient (Wildman–Crippen LogP) is 0.550. The summed E-state index contributed by atoms with van der Waals surface area (Å²) in [6.45, 7) is 2.69. The van der Waals surface area contributed by atoms with Crippen LogP contribution in [0.1, 0.15) is 13.8 Å². The van der Waals surface area contributed by atoms with Gasteiger partial charge in [0.1, 0.15) is 16.7 Å². The Bertz CT molecular complexity index is 819. The molecule has 11 heteroatoms. The fraction of sp³-hybridized carbons (Fsp3) is 0.462. The Balaban J connectivity index is 3.33. The van der Waals surface area contributed by atoms with Crippen molar-refractivity contribution in [1.82, 2.24) is 4.31 Å². The van der Waals surface area contributed by atoms with Gasteiger partial charge in [-0.25, -0.2) is 16.8 Å². The Hall–Kier alpha value is -1.85. The van der Waals surface area contributed by atoms with Crippen molar-refractivity contribution in [2.75, 3.05) is 24.6 Å². The van der Waals surface area contributed by atoms with Gasteiger partial charge >= 0.3 is 5.97 Å². The number of likely N-dealkylation sites (N-methyl/N-ethyl adjacent to an activating group) is 1. The van der Waals surface area contributed by atoms with Crippen molar-refractivity contribution in [3.05, 3.63) is 18.2 Å². The quantitative estimate of drug-likeness (QED) is 0.673. The second kappa shape index (κ2) is 7.36. The molecule has 1 rings (SSSR count). The van der Waals surface area contributed by atoms with Crippen LogP contribution in [0.15, 0.2) is 23.1 Å². The highest BCUT2D eigenvalue weighted by Crippen LogP contribution is 2.30. The highest BCUT2D eigenvalue weighted by molar-refractivity contribution is 7.92. The molecule has 0 amide bonds. The Labute approximate surface area is 141 Å². The van der Waals surface area contributed by atoms with Crippen LogP contribution >= 0.6 is 0 Å². The van der Waals surface area contributed by atoms with E-state index < -0.39 is 32.1 Å². The second-order valence-electron chi connectivity index (χ2n) is 4.91. The number of rotatable bonds is 8. The van der Waals surface area contributed by atoms with Crippen LogP contribution in [0.25, 0.3) is 0 Å². The Morgan fingerprint density at radius 3 is 2.38 bits per heavy atom. The van der Waals surface area contributed by atoms with E-state index in [2.05, 4.69) is 4.72 Å². The van der Waals surface area contributed by atoms with E-state index in [9.17, 15) is 21.6 Å². The fourth-order valence-electron chi connectivity index (χ4n) is 1.71. The van der Waals surface area contributed by atoms with Crippen LogP contribution in [-0.4, -0.2) is 58.2 Å². The molecule has 1 aromatic carbocycles. The monoisotopic (exact) mass is 380 g/mol. The summed E-state index contributed by atoms with van der Waals surface area (Å²) >= 11 is 0. The largest absolute Gasteiger partial charge is 0.495 e. The molecular weight excluding hydrogens is 360 g/mol. The first-order chi connectivity index (χ1) is 11.0. The molecule has 0 bridgehead atoms. The molecule has 0 fully saturated rings. The van der Waals surface area contributed by atoms with Gasteiger partial charge in [0.2, 0.25) is 20.0 Å². The number of carboxylic acid groups (broad SMARTS) is 1. The Morgan fingerprint density at radius 2 is 1.92 bits per heavy atom. The number of anilines is 1. The molecule has 9 nitrogen and oxygen atoms in total. The molecular formula is C13H20N2O7S2. The van der Waals surface area contributed by atoms with Gasteiger partial charge in [-0.1, -0.05) is 0 Å². The summed E-state index contributed by atoms with van der Waals surface area (Å²) < 4.78 is 56.3. The average Bonchev–Trinajstić information content (AvgIpc) is 2.52. The number of carboxylic acids is 1. The van der Waals surface area contributed by atoms with Gasteiger partial charge in [-0.15, -0.1) is 0 Å². The predicted molar refractivity (Wildman–Crippen MR) is 88.1 cm³/mol. The fourth-order valence-corrected chi connectivity index (χ4v) is 3.80. The third-order valence-corrected chi connectivity index (χ3v) is 6.65. The van der Waals surface area contributed by atoms with Gasteiger partial charge in [0.05, 0.1) is 18.6 Å². The van der Waals surface area contributed by atoms with Crippen molar-refractivity contribution >= 4 is 31.7 Å².